The van der Waals surface area contributed by atoms with E-state index < -0.39 is 0 Å². The third-order valence-electron chi connectivity index (χ3n) is 3.10. The fraction of sp³-hybridized carbons (Fsp3) is 0.667. The first-order valence-corrected chi connectivity index (χ1v) is 6.66. The van der Waals surface area contributed by atoms with Crippen LogP contribution < -0.4 is 11.1 Å². The lowest BCUT2D eigenvalue weighted by Crippen LogP contribution is -2.27. The van der Waals surface area contributed by atoms with Gasteiger partial charge in [0.05, 0.1) is 0 Å². The fourth-order valence-corrected chi connectivity index (χ4v) is 3.06. The second kappa shape index (κ2) is 5.10. The highest BCUT2D eigenvalue weighted by molar-refractivity contribution is 7.11. The van der Waals surface area contributed by atoms with E-state index in [1.807, 2.05) is 11.3 Å². The van der Waals surface area contributed by atoms with Crippen LogP contribution in [0.1, 0.15) is 35.9 Å². The Labute approximate surface area is 95.9 Å². The van der Waals surface area contributed by atoms with Crippen LogP contribution in [0.4, 0.5) is 0 Å². The molecule has 1 aromatic rings. The second-order valence-electron chi connectivity index (χ2n) is 4.37. The molecule has 2 unspecified atom stereocenters. The van der Waals surface area contributed by atoms with Crippen molar-refractivity contribution in [1.82, 2.24) is 5.32 Å². The van der Waals surface area contributed by atoms with E-state index in [4.69, 9.17) is 5.73 Å². The van der Waals surface area contributed by atoms with Gasteiger partial charge in [-0.05, 0) is 37.8 Å². The molecule has 0 bridgehead atoms. The van der Waals surface area contributed by atoms with Crippen LogP contribution in [-0.2, 0) is 13.0 Å². The Morgan fingerprint density at radius 3 is 2.80 bits per heavy atom. The lowest BCUT2D eigenvalue weighted by atomic mass is 10.2. The molecular formula is C12H20N2S. The number of nitrogens with two attached hydrogens (primary N) is 1. The summed E-state index contributed by atoms with van der Waals surface area (Å²) >= 11 is 1.92. The van der Waals surface area contributed by atoms with Gasteiger partial charge in [-0.15, -0.1) is 11.3 Å². The first kappa shape index (κ1) is 11.1. The number of hydrogen-bond donors (Lipinski definition) is 2. The molecule has 0 spiro atoms. The minimum Gasteiger partial charge on any atom is -0.328 e. The first-order valence-electron chi connectivity index (χ1n) is 5.84. The molecule has 1 aromatic heterocycles. The van der Waals surface area contributed by atoms with Gasteiger partial charge < -0.3 is 11.1 Å². The third-order valence-corrected chi connectivity index (χ3v) is 4.33. The molecule has 1 heterocycles. The van der Waals surface area contributed by atoms with Crippen LogP contribution in [0.2, 0.25) is 0 Å². The molecule has 15 heavy (non-hydrogen) atoms. The van der Waals surface area contributed by atoms with Crippen LogP contribution >= 0.6 is 11.3 Å². The van der Waals surface area contributed by atoms with E-state index in [-0.39, 0.29) is 0 Å². The Morgan fingerprint density at radius 1 is 1.40 bits per heavy atom. The lowest BCUT2D eigenvalue weighted by Gasteiger charge is -2.10. The average Bonchev–Trinajstić information content (AvgIpc) is 2.83. The standard InChI is InChI=1S/C12H20N2S/c1-2-11-5-6-12(15-11)8-14-10-4-3-9(13)7-10/h5-6,9-10,14H,2-4,7-8,13H2,1H3. The monoisotopic (exact) mass is 224 g/mol. The van der Waals surface area contributed by atoms with Gasteiger partial charge in [0.2, 0.25) is 0 Å². The van der Waals surface area contributed by atoms with Crippen molar-refractivity contribution in [1.29, 1.82) is 0 Å². The minimum atomic E-state index is 0.428. The van der Waals surface area contributed by atoms with E-state index in [0.29, 0.717) is 12.1 Å². The first-order chi connectivity index (χ1) is 7.28. The number of thiophene rings is 1. The van der Waals surface area contributed by atoms with E-state index >= 15 is 0 Å². The van der Waals surface area contributed by atoms with Crippen LogP contribution in [0.3, 0.4) is 0 Å². The SMILES string of the molecule is CCc1ccc(CNC2CCC(N)C2)s1. The predicted molar refractivity (Wildman–Crippen MR) is 66.2 cm³/mol. The summed E-state index contributed by atoms with van der Waals surface area (Å²) in [6.07, 6.45) is 4.72. The van der Waals surface area contributed by atoms with E-state index in [1.165, 1.54) is 22.6 Å². The van der Waals surface area contributed by atoms with Gasteiger partial charge in [-0.3, -0.25) is 0 Å². The molecule has 0 saturated heterocycles. The van der Waals surface area contributed by atoms with Crippen molar-refractivity contribution in [3.8, 4) is 0 Å². The van der Waals surface area contributed by atoms with E-state index in [2.05, 4.69) is 24.4 Å². The largest absolute Gasteiger partial charge is 0.328 e. The molecule has 0 aromatic carbocycles. The van der Waals surface area contributed by atoms with Gasteiger partial charge in [0.25, 0.3) is 0 Å². The van der Waals surface area contributed by atoms with Gasteiger partial charge in [0, 0.05) is 28.4 Å². The molecule has 84 valence electrons. The van der Waals surface area contributed by atoms with Crippen molar-refractivity contribution in [2.24, 2.45) is 5.73 Å². The lowest BCUT2D eigenvalue weighted by molar-refractivity contribution is 0.519. The van der Waals surface area contributed by atoms with Gasteiger partial charge in [0.15, 0.2) is 0 Å². The molecule has 2 nitrogen and oxygen atoms in total. The summed E-state index contributed by atoms with van der Waals surface area (Å²) in [5.74, 6) is 0. The highest BCUT2D eigenvalue weighted by Crippen LogP contribution is 2.20. The number of rotatable bonds is 4. The third kappa shape index (κ3) is 3.03. The predicted octanol–water partition coefficient (Wildman–Crippen LogP) is 2.28. The van der Waals surface area contributed by atoms with Gasteiger partial charge in [-0.25, -0.2) is 0 Å². The zero-order chi connectivity index (χ0) is 10.7. The Bertz CT molecular complexity index is 308. The van der Waals surface area contributed by atoms with Gasteiger partial charge in [-0.1, -0.05) is 6.92 Å². The Hall–Kier alpha value is -0.380. The maximum absolute atomic E-state index is 5.88. The van der Waals surface area contributed by atoms with Crippen molar-refractivity contribution < 1.29 is 0 Å². The summed E-state index contributed by atoms with van der Waals surface area (Å²) in [6, 6.07) is 5.55. The number of aryl methyl sites for hydroxylation is 1. The normalized spacial score (nSPS) is 26.0. The minimum absolute atomic E-state index is 0.428. The summed E-state index contributed by atoms with van der Waals surface area (Å²) in [7, 11) is 0. The summed E-state index contributed by atoms with van der Waals surface area (Å²) in [6.45, 7) is 3.22. The Morgan fingerprint density at radius 2 is 2.20 bits per heavy atom. The summed E-state index contributed by atoms with van der Waals surface area (Å²) in [4.78, 5) is 2.93. The van der Waals surface area contributed by atoms with Gasteiger partial charge >= 0.3 is 0 Å². The van der Waals surface area contributed by atoms with E-state index in [0.717, 1.165) is 19.4 Å². The van der Waals surface area contributed by atoms with Crippen LogP contribution in [-0.4, -0.2) is 12.1 Å². The Kier molecular flexibility index (Phi) is 3.78. The van der Waals surface area contributed by atoms with Gasteiger partial charge in [0.1, 0.15) is 0 Å². The quantitative estimate of drug-likeness (QED) is 0.823. The molecular weight excluding hydrogens is 204 g/mol. The van der Waals surface area contributed by atoms with Crippen LogP contribution in [0, 0.1) is 0 Å². The van der Waals surface area contributed by atoms with Gasteiger partial charge in [-0.2, -0.15) is 0 Å². The van der Waals surface area contributed by atoms with Crippen LogP contribution in [0.15, 0.2) is 12.1 Å². The highest BCUT2D eigenvalue weighted by atomic mass is 32.1. The molecule has 3 heteroatoms. The topological polar surface area (TPSA) is 38.0 Å². The molecule has 3 N–H and O–H groups in total. The van der Waals surface area contributed by atoms with Crippen LogP contribution in [0.5, 0.6) is 0 Å². The molecule has 1 aliphatic rings. The smallest absolute Gasteiger partial charge is 0.0302 e. The summed E-state index contributed by atoms with van der Waals surface area (Å²) in [5, 5.41) is 3.60. The molecule has 1 aliphatic carbocycles. The van der Waals surface area contributed by atoms with Crippen molar-refractivity contribution in [2.75, 3.05) is 0 Å². The molecule has 1 fully saturated rings. The van der Waals surface area contributed by atoms with Crippen LogP contribution in [0.25, 0.3) is 0 Å². The van der Waals surface area contributed by atoms with Crippen molar-refractivity contribution in [3.05, 3.63) is 21.9 Å². The summed E-state index contributed by atoms with van der Waals surface area (Å²) in [5.41, 5.74) is 5.88. The zero-order valence-electron chi connectivity index (χ0n) is 9.33. The average molecular weight is 224 g/mol. The molecule has 2 atom stereocenters. The zero-order valence-corrected chi connectivity index (χ0v) is 10.1. The van der Waals surface area contributed by atoms with Crippen molar-refractivity contribution >= 4 is 11.3 Å². The van der Waals surface area contributed by atoms with E-state index in [1.54, 1.807) is 0 Å². The molecule has 0 amide bonds. The highest BCUT2D eigenvalue weighted by Gasteiger charge is 2.20. The Balaban J connectivity index is 1.77. The van der Waals surface area contributed by atoms with Crippen molar-refractivity contribution in [2.45, 2.75) is 51.2 Å². The molecule has 2 rings (SSSR count). The second-order valence-corrected chi connectivity index (χ2v) is 5.63. The van der Waals surface area contributed by atoms with Crippen molar-refractivity contribution in [3.63, 3.8) is 0 Å². The molecule has 0 radical (unpaired) electrons. The maximum Gasteiger partial charge on any atom is 0.0302 e. The summed E-state index contributed by atoms with van der Waals surface area (Å²) < 4.78 is 0. The van der Waals surface area contributed by atoms with E-state index in [9.17, 15) is 0 Å². The molecule has 0 aliphatic heterocycles. The molecule has 1 saturated carbocycles. The fourth-order valence-electron chi connectivity index (χ4n) is 2.15. The number of nitrogens with one attached hydrogen (secondary N) is 1. The number of hydrogen-bond acceptors (Lipinski definition) is 3. The maximum atomic E-state index is 5.88.